The lowest BCUT2D eigenvalue weighted by Crippen LogP contribution is -2.41. The second-order valence-corrected chi connectivity index (χ2v) is 10.6. The lowest BCUT2D eigenvalue weighted by Gasteiger charge is -2.32. The third kappa shape index (κ3) is 6.54. The second-order valence-electron chi connectivity index (χ2n) is 8.72. The van der Waals surface area contributed by atoms with Crippen LogP contribution >= 0.6 is 0 Å². The molecule has 0 unspecified atom stereocenters. The molecule has 8 nitrogen and oxygen atoms in total. The number of rotatable bonds is 9. The Morgan fingerprint density at radius 2 is 1.70 bits per heavy atom. The summed E-state index contributed by atoms with van der Waals surface area (Å²) >= 11 is 0. The van der Waals surface area contributed by atoms with Gasteiger partial charge in [0.05, 0.1) is 23.4 Å². The molecule has 0 radical (unpaired) electrons. The maximum absolute atomic E-state index is 13.2. The SMILES string of the molecule is COc1ccc(S(=O)(=O)c2ccccc2CN(O)NC(=O)CC2CCC(N(C)C)CC2)cc1. The van der Waals surface area contributed by atoms with E-state index in [0.29, 0.717) is 28.9 Å². The number of hydrogen-bond donors (Lipinski definition) is 2. The number of hydrazine groups is 1. The zero-order valence-electron chi connectivity index (χ0n) is 19.4. The molecule has 33 heavy (non-hydrogen) atoms. The van der Waals surface area contributed by atoms with Gasteiger partial charge in [0.1, 0.15) is 5.75 Å². The van der Waals surface area contributed by atoms with Crippen molar-refractivity contribution in [2.24, 2.45) is 5.92 Å². The number of hydroxylamine groups is 1. The van der Waals surface area contributed by atoms with Crippen LogP contribution in [-0.4, -0.2) is 56.9 Å². The first-order valence-corrected chi connectivity index (χ1v) is 12.6. The number of benzene rings is 2. The van der Waals surface area contributed by atoms with Gasteiger partial charge >= 0.3 is 0 Å². The molecule has 1 aliphatic rings. The van der Waals surface area contributed by atoms with E-state index in [9.17, 15) is 18.4 Å². The highest BCUT2D eigenvalue weighted by atomic mass is 32.2. The number of sulfone groups is 1. The Morgan fingerprint density at radius 3 is 2.30 bits per heavy atom. The number of methoxy groups -OCH3 is 1. The smallest absolute Gasteiger partial charge is 0.236 e. The third-order valence-electron chi connectivity index (χ3n) is 6.23. The summed E-state index contributed by atoms with van der Waals surface area (Å²) in [5.41, 5.74) is 2.85. The van der Waals surface area contributed by atoms with Crippen molar-refractivity contribution in [1.29, 1.82) is 0 Å². The Kier molecular flexibility index (Phi) is 8.47. The van der Waals surface area contributed by atoms with Gasteiger partial charge in [0.25, 0.3) is 0 Å². The van der Waals surface area contributed by atoms with Crippen LogP contribution in [0.2, 0.25) is 0 Å². The molecule has 1 amide bonds. The number of carbonyl (C=O) groups excluding carboxylic acids is 1. The van der Waals surface area contributed by atoms with E-state index in [4.69, 9.17) is 4.74 Å². The predicted molar refractivity (Wildman–Crippen MR) is 124 cm³/mol. The van der Waals surface area contributed by atoms with Crippen molar-refractivity contribution in [2.75, 3.05) is 21.2 Å². The molecular weight excluding hydrogens is 442 g/mol. The van der Waals surface area contributed by atoms with E-state index in [1.165, 1.54) is 25.3 Å². The average Bonchev–Trinajstić information content (AvgIpc) is 2.79. The summed E-state index contributed by atoms with van der Waals surface area (Å²) in [5, 5.41) is 11.0. The zero-order chi connectivity index (χ0) is 24.0. The average molecular weight is 476 g/mol. The molecule has 0 atom stereocenters. The fourth-order valence-corrected chi connectivity index (χ4v) is 5.78. The standard InChI is InChI=1S/C24H33N3O5S/c1-26(2)20-10-8-18(9-11-20)16-24(28)25-27(29)17-19-6-4-5-7-23(19)33(30,31)22-14-12-21(32-3)13-15-22/h4-7,12-15,18,20,29H,8-11,16-17H2,1-3H3,(H,25,28). The van der Waals surface area contributed by atoms with Gasteiger partial charge < -0.3 is 9.64 Å². The van der Waals surface area contributed by atoms with Crippen molar-refractivity contribution in [3.8, 4) is 5.75 Å². The van der Waals surface area contributed by atoms with Crippen molar-refractivity contribution in [3.63, 3.8) is 0 Å². The van der Waals surface area contributed by atoms with Gasteiger partial charge in [0.15, 0.2) is 0 Å². The van der Waals surface area contributed by atoms with Crippen LogP contribution in [-0.2, 0) is 21.2 Å². The first kappa shape index (κ1) is 25.2. The molecule has 9 heteroatoms. The highest BCUT2D eigenvalue weighted by molar-refractivity contribution is 7.91. The van der Waals surface area contributed by atoms with Crippen molar-refractivity contribution >= 4 is 15.7 Å². The Hall–Kier alpha value is -2.46. The van der Waals surface area contributed by atoms with E-state index in [-0.39, 0.29) is 28.2 Å². The molecule has 180 valence electrons. The molecule has 2 aromatic carbocycles. The van der Waals surface area contributed by atoms with Gasteiger partial charge in [0, 0.05) is 12.5 Å². The van der Waals surface area contributed by atoms with Crippen molar-refractivity contribution in [3.05, 3.63) is 54.1 Å². The van der Waals surface area contributed by atoms with Crippen LogP contribution < -0.4 is 10.2 Å². The summed E-state index contributed by atoms with van der Waals surface area (Å²) in [4.78, 5) is 14.9. The molecule has 1 aliphatic carbocycles. The van der Waals surface area contributed by atoms with Crippen molar-refractivity contribution < 1.29 is 23.2 Å². The van der Waals surface area contributed by atoms with E-state index in [1.807, 2.05) is 0 Å². The van der Waals surface area contributed by atoms with E-state index in [2.05, 4.69) is 24.4 Å². The van der Waals surface area contributed by atoms with Gasteiger partial charge in [-0.3, -0.25) is 15.4 Å². The van der Waals surface area contributed by atoms with Crippen LogP contribution in [0.15, 0.2) is 58.3 Å². The van der Waals surface area contributed by atoms with E-state index in [1.54, 1.807) is 30.3 Å². The van der Waals surface area contributed by atoms with E-state index >= 15 is 0 Å². The monoisotopic (exact) mass is 475 g/mol. The molecule has 0 saturated heterocycles. The summed E-state index contributed by atoms with van der Waals surface area (Å²) in [6, 6.07) is 13.1. The molecule has 0 spiro atoms. The second kappa shape index (κ2) is 11.1. The number of carbonyl (C=O) groups is 1. The Morgan fingerprint density at radius 1 is 1.06 bits per heavy atom. The summed E-state index contributed by atoms with van der Waals surface area (Å²) in [7, 11) is 1.85. The fraction of sp³-hybridized carbons (Fsp3) is 0.458. The minimum atomic E-state index is -3.81. The molecule has 2 aromatic rings. The molecule has 2 N–H and O–H groups in total. The number of amides is 1. The first-order chi connectivity index (χ1) is 15.7. The van der Waals surface area contributed by atoms with Crippen LogP contribution in [0.5, 0.6) is 5.75 Å². The van der Waals surface area contributed by atoms with Crippen molar-refractivity contribution in [1.82, 2.24) is 15.5 Å². The number of nitrogens with zero attached hydrogens (tertiary/aromatic N) is 2. The molecule has 1 fully saturated rings. The van der Waals surface area contributed by atoms with Crippen LogP contribution in [0.4, 0.5) is 0 Å². The summed E-state index contributed by atoms with van der Waals surface area (Å²) in [5.74, 6) is 0.570. The minimum Gasteiger partial charge on any atom is -0.497 e. The maximum atomic E-state index is 13.2. The Bertz CT molecular complexity index is 1030. The van der Waals surface area contributed by atoms with Gasteiger partial charge in [0.2, 0.25) is 15.7 Å². The number of hydrogen-bond acceptors (Lipinski definition) is 7. The molecule has 0 aromatic heterocycles. The lowest BCUT2D eigenvalue weighted by atomic mass is 9.83. The Labute approximate surface area is 196 Å². The minimum absolute atomic E-state index is 0.0745. The third-order valence-corrected chi connectivity index (χ3v) is 8.10. The quantitative estimate of drug-likeness (QED) is 0.537. The first-order valence-electron chi connectivity index (χ1n) is 11.1. The molecule has 0 aliphatic heterocycles. The van der Waals surface area contributed by atoms with Gasteiger partial charge in [-0.1, -0.05) is 23.4 Å². The molecular formula is C24H33N3O5S. The van der Waals surface area contributed by atoms with E-state index in [0.717, 1.165) is 25.7 Å². The summed E-state index contributed by atoms with van der Waals surface area (Å²) < 4.78 is 31.4. The lowest BCUT2D eigenvalue weighted by molar-refractivity contribution is -0.166. The number of nitrogens with one attached hydrogen (secondary N) is 1. The highest BCUT2D eigenvalue weighted by Gasteiger charge is 2.25. The largest absolute Gasteiger partial charge is 0.497 e. The van der Waals surface area contributed by atoms with Gasteiger partial charge in [-0.15, -0.1) is 0 Å². The van der Waals surface area contributed by atoms with E-state index < -0.39 is 9.84 Å². The maximum Gasteiger partial charge on any atom is 0.236 e. The molecule has 0 bridgehead atoms. The molecule has 0 heterocycles. The highest BCUT2D eigenvalue weighted by Crippen LogP contribution is 2.29. The molecule has 3 rings (SSSR count). The van der Waals surface area contributed by atoms with Gasteiger partial charge in [-0.25, -0.2) is 8.42 Å². The normalized spacial score (nSPS) is 19.0. The summed E-state index contributed by atoms with van der Waals surface area (Å²) in [6.45, 7) is -0.162. The predicted octanol–water partition coefficient (Wildman–Crippen LogP) is 3.26. The van der Waals surface area contributed by atoms with Gasteiger partial charge in [-0.2, -0.15) is 0 Å². The zero-order valence-corrected chi connectivity index (χ0v) is 20.2. The van der Waals surface area contributed by atoms with Crippen LogP contribution in [0.1, 0.15) is 37.7 Å². The molecule has 1 saturated carbocycles. The number of ether oxygens (including phenoxy) is 1. The van der Waals surface area contributed by atoms with Crippen molar-refractivity contribution in [2.45, 2.75) is 54.5 Å². The van der Waals surface area contributed by atoms with Crippen LogP contribution in [0, 0.1) is 5.92 Å². The van der Waals surface area contributed by atoms with Crippen LogP contribution in [0.25, 0.3) is 0 Å². The topological polar surface area (TPSA) is 99.2 Å². The van der Waals surface area contributed by atoms with Gasteiger partial charge in [-0.05, 0) is 81.6 Å². The summed E-state index contributed by atoms with van der Waals surface area (Å²) in [6.07, 6.45) is 4.41. The fourth-order valence-electron chi connectivity index (χ4n) is 4.30. The van der Waals surface area contributed by atoms with Crippen LogP contribution in [0.3, 0.4) is 0 Å². The Balaban J connectivity index is 1.62.